The summed E-state index contributed by atoms with van der Waals surface area (Å²) in [5, 5.41) is 11.3. The minimum Gasteiger partial charge on any atom is -0.356 e. The predicted molar refractivity (Wildman–Crippen MR) is 130 cm³/mol. The number of guanidine groups is 1. The number of carbonyl (C=O) groups excluding carboxylic acids is 1. The summed E-state index contributed by atoms with van der Waals surface area (Å²) in [5.74, 6) is 1.45. The van der Waals surface area contributed by atoms with Crippen molar-refractivity contribution in [1.29, 1.82) is 0 Å². The number of aromatic nitrogens is 2. The first-order valence-electron chi connectivity index (χ1n) is 10.7. The van der Waals surface area contributed by atoms with Gasteiger partial charge < -0.3 is 15.5 Å². The van der Waals surface area contributed by atoms with E-state index in [-0.39, 0.29) is 36.4 Å². The Balaban J connectivity index is 0.00000420. The Bertz CT molecular complexity index is 664. The van der Waals surface area contributed by atoms with E-state index in [9.17, 15) is 4.79 Å². The van der Waals surface area contributed by atoms with E-state index >= 15 is 0 Å². The molecule has 1 saturated carbocycles. The molecular weight excluding hydrogens is 479 g/mol. The highest BCUT2D eigenvalue weighted by Gasteiger charge is 2.16. The monoisotopic (exact) mass is 518 g/mol. The summed E-state index contributed by atoms with van der Waals surface area (Å²) in [6.45, 7) is 6.02. The van der Waals surface area contributed by atoms with E-state index < -0.39 is 0 Å². The second-order valence-electron chi connectivity index (χ2n) is 7.89. The standard InChI is InChI=1S/C21H38N6O.HI/c1-6-18-17(19(7-2)27(5)25-18)14-23-21(24-15-20(28)26(3)4)22-13-16-11-9-8-10-12-16;/h16H,6-15H2,1-5H3,(H2,22,23,24);1H. The van der Waals surface area contributed by atoms with Crippen molar-refractivity contribution in [2.75, 3.05) is 27.2 Å². The molecule has 1 fully saturated rings. The minimum absolute atomic E-state index is 0. The van der Waals surface area contributed by atoms with Gasteiger partial charge in [-0.15, -0.1) is 24.0 Å². The van der Waals surface area contributed by atoms with E-state index in [1.165, 1.54) is 43.4 Å². The summed E-state index contributed by atoms with van der Waals surface area (Å²) in [6.07, 6.45) is 8.38. The van der Waals surface area contributed by atoms with E-state index in [2.05, 4.69) is 29.6 Å². The van der Waals surface area contributed by atoms with Gasteiger partial charge in [0.15, 0.2) is 5.96 Å². The first-order valence-corrected chi connectivity index (χ1v) is 10.7. The zero-order chi connectivity index (χ0) is 20.5. The lowest BCUT2D eigenvalue weighted by molar-refractivity contribution is -0.127. The van der Waals surface area contributed by atoms with Crippen LogP contribution in [0.1, 0.15) is 62.9 Å². The maximum atomic E-state index is 12.0. The zero-order valence-corrected chi connectivity index (χ0v) is 21.1. The highest BCUT2D eigenvalue weighted by molar-refractivity contribution is 14.0. The molecule has 1 heterocycles. The fourth-order valence-corrected chi connectivity index (χ4v) is 3.85. The molecule has 2 rings (SSSR count). The number of halogens is 1. The Labute approximate surface area is 193 Å². The number of rotatable bonds is 8. The van der Waals surface area contributed by atoms with E-state index in [4.69, 9.17) is 4.99 Å². The zero-order valence-electron chi connectivity index (χ0n) is 18.8. The van der Waals surface area contributed by atoms with Gasteiger partial charge in [0.1, 0.15) is 0 Å². The number of aryl methyl sites for hydroxylation is 2. The van der Waals surface area contributed by atoms with Gasteiger partial charge in [0, 0.05) is 38.9 Å². The van der Waals surface area contributed by atoms with Crippen molar-refractivity contribution < 1.29 is 4.79 Å². The lowest BCUT2D eigenvalue weighted by Crippen LogP contribution is -2.44. The van der Waals surface area contributed by atoms with Crippen LogP contribution in [0.5, 0.6) is 0 Å². The number of nitrogens with zero attached hydrogens (tertiary/aromatic N) is 4. The van der Waals surface area contributed by atoms with E-state index in [0.717, 1.165) is 25.1 Å². The third-order valence-corrected chi connectivity index (χ3v) is 5.61. The van der Waals surface area contributed by atoms with Crippen molar-refractivity contribution in [3.8, 4) is 0 Å². The maximum Gasteiger partial charge on any atom is 0.241 e. The fourth-order valence-electron chi connectivity index (χ4n) is 3.85. The number of amides is 1. The topological polar surface area (TPSA) is 74.5 Å². The first-order chi connectivity index (χ1) is 13.5. The lowest BCUT2D eigenvalue weighted by atomic mass is 9.89. The maximum absolute atomic E-state index is 12.0. The number of hydrogen-bond donors (Lipinski definition) is 2. The molecule has 1 aliphatic rings. The van der Waals surface area contributed by atoms with Crippen LogP contribution in [0, 0.1) is 5.92 Å². The van der Waals surface area contributed by atoms with Crippen LogP contribution in [0.4, 0.5) is 0 Å². The van der Waals surface area contributed by atoms with Crippen LogP contribution in [0.25, 0.3) is 0 Å². The van der Waals surface area contributed by atoms with Crippen molar-refractivity contribution in [3.05, 3.63) is 17.0 Å². The quantitative estimate of drug-likeness (QED) is 0.316. The van der Waals surface area contributed by atoms with Crippen LogP contribution in [-0.4, -0.2) is 53.7 Å². The van der Waals surface area contributed by atoms with Gasteiger partial charge in [-0.05, 0) is 31.6 Å². The average molecular weight is 518 g/mol. The molecule has 0 radical (unpaired) electrons. The summed E-state index contributed by atoms with van der Waals surface area (Å²) in [5.41, 5.74) is 3.56. The molecule has 0 aromatic carbocycles. The Morgan fingerprint density at radius 2 is 1.86 bits per heavy atom. The first kappa shape index (κ1) is 25.7. The second kappa shape index (κ2) is 13.1. The molecule has 0 atom stereocenters. The molecule has 8 heteroatoms. The van der Waals surface area contributed by atoms with Crippen LogP contribution < -0.4 is 10.6 Å². The predicted octanol–water partition coefficient (Wildman–Crippen LogP) is 2.87. The Morgan fingerprint density at radius 1 is 1.17 bits per heavy atom. The smallest absolute Gasteiger partial charge is 0.241 e. The summed E-state index contributed by atoms with van der Waals surface area (Å²) in [6, 6.07) is 0. The van der Waals surface area contributed by atoms with Crippen LogP contribution >= 0.6 is 24.0 Å². The molecular formula is C21H39IN6O. The number of carbonyl (C=O) groups is 1. The molecule has 1 aromatic rings. The second-order valence-corrected chi connectivity index (χ2v) is 7.89. The average Bonchev–Trinajstić information content (AvgIpc) is 3.02. The van der Waals surface area contributed by atoms with Gasteiger partial charge in [-0.25, -0.2) is 4.99 Å². The Kier molecular flexibility index (Phi) is 11.6. The molecule has 1 amide bonds. The molecule has 1 aromatic heterocycles. The number of aliphatic imine (C=N–C) groups is 1. The molecule has 0 aliphatic heterocycles. The van der Waals surface area contributed by atoms with Crippen LogP contribution in [0.15, 0.2) is 4.99 Å². The SMILES string of the molecule is CCc1nn(C)c(CC)c1CN=C(NCC(=O)N(C)C)NCC1CCCCC1.I. The Hall–Kier alpha value is -1.32. The number of likely N-dealkylation sites (N-methyl/N-ethyl adjacent to an activating group) is 1. The Morgan fingerprint density at radius 3 is 2.45 bits per heavy atom. The van der Waals surface area contributed by atoms with Gasteiger partial charge in [0.05, 0.1) is 18.8 Å². The van der Waals surface area contributed by atoms with Gasteiger partial charge in [-0.3, -0.25) is 9.48 Å². The fraction of sp³-hybridized carbons (Fsp3) is 0.762. The number of nitrogens with one attached hydrogen (secondary N) is 2. The number of hydrogen-bond acceptors (Lipinski definition) is 3. The van der Waals surface area contributed by atoms with Crippen molar-refractivity contribution in [3.63, 3.8) is 0 Å². The van der Waals surface area contributed by atoms with E-state index in [1.54, 1.807) is 19.0 Å². The minimum atomic E-state index is 0. The normalized spacial score (nSPS) is 15.0. The summed E-state index contributed by atoms with van der Waals surface area (Å²) >= 11 is 0. The summed E-state index contributed by atoms with van der Waals surface area (Å²) in [4.78, 5) is 18.4. The highest BCUT2D eigenvalue weighted by Crippen LogP contribution is 2.22. The van der Waals surface area contributed by atoms with Crippen molar-refractivity contribution >= 4 is 35.8 Å². The largest absolute Gasteiger partial charge is 0.356 e. The third-order valence-electron chi connectivity index (χ3n) is 5.61. The third kappa shape index (κ3) is 7.79. The van der Waals surface area contributed by atoms with E-state index in [1.807, 2.05) is 11.7 Å². The molecule has 0 spiro atoms. The van der Waals surface area contributed by atoms with E-state index in [0.29, 0.717) is 18.4 Å². The van der Waals surface area contributed by atoms with Crippen molar-refractivity contribution in [2.24, 2.45) is 18.0 Å². The lowest BCUT2D eigenvalue weighted by Gasteiger charge is -2.23. The molecule has 0 saturated heterocycles. The van der Waals surface area contributed by atoms with Gasteiger partial charge in [-0.1, -0.05) is 33.1 Å². The van der Waals surface area contributed by atoms with Gasteiger partial charge in [0.2, 0.25) is 5.91 Å². The highest BCUT2D eigenvalue weighted by atomic mass is 127. The van der Waals surface area contributed by atoms with Gasteiger partial charge >= 0.3 is 0 Å². The van der Waals surface area contributed by atoms with Crippen LogP contribution in [-0.2, 0) is 31.2 Å². The molecule has 2 N–H and O–H groups in total. The molecule has 0 bridgehead atoms. The van der Waals surface area contributed by atoms with Crippen molar-refractivity contribution in [2.45, 2.75) is 65.3 Å². The molecule has 29 heavy (non-hydrogen) atoms. The van der Waals surface area contributed by atoms with Gasteiger partial charge in [0.25, 0.3) is 0 Å². The molecule has 1 aliphatic carbocycles. The summed E-state index contributed by atoms with van der Waals surface area (Å²) < 4.78 is 1.97. The van der Waals surface area contributed by atoms with Crippen LogP contribution in [0.3, 0.4) is 0 Å². The molecule has 7 nitrogen and oxygen atoms in total. The molecule has 166 valence electrons. The van der Waals surface area contributed by atoms with Crippen molar-refractivity contribution in [1.82, 2.24) is 25.3 Å². The van der Waals surface area contributed by atoms with Crippen LogP contribution in [0.2, 0.25) is 0 Å². The summed E-state index contributed by atoms with van der Waals surface area (Å²) in [7, 11) is 5.54. The van der Waals surface area contributed by atoms with Gasteiger partial charge in [-0.2, -0.15) is 5.10 Å². The molecule has 0 unspecified atom stereocenters.